The van der Waals surface area contributed by atoms with Crippen LogP contribution in [0, 0.1) is 0 Å². The number of aromatic nitrogens is 12. The molecule has 76 heavy (non-hydrogen) atoms. The number of carbonyl (C=O) groups excluding carboxylic acids is 4. The minimum Gasteiger partial charge on any atom is -0.547 e. The molecule has 2 N–H and O–H groups in total. The van der Waals surface area contributed by atoms with Gasteiger partial charge in [-0.1, -0.05) is 124 Å². The van der Waals surface area contributed by atoms with Crippen molar-refractivity contribution in [3.63, 3.8) is 0 Å². The van der Waals surface area contributed by atoms with E-state index < -0.39 is 24.0 Å². The van der Waals surface area contributed by atoms with Crippen LogP contribution in [0.1, 0.15) is 111 Å². The van der Waals surface area contributed by atoms with Crippen LogP contribution >= 0.6 is 0 Å². The zero-order valence-corrected chi connectivity index (χ0v) is 47.7. The van der Waals surface area contributed by atoms with Crippen LogP contribution in [0.5, 0.6) is 0 Å². The maximum Gasteiger partial charge on any atom is 1.00 e. The van der Waals surface area contributed by atoms with E-state index in [1.807, 2.05) is 106 Å². The summed E-state index contributed by atoms with van der Waals surface area (Å²) in [6.07, 6.45) is 6.39. The molecule has 2 amide bonds. The van der Waals surface area contributed by atoms with Gasteiger partial charge < -0.3 is 38.7 Å². The summed E-state index contributed by atoms with van der Waals surface area (Å²) in [5, 5.41) is 52.9. The quantitative estimate of drug-likeness (QED) is 0.106. The van der Waals surface area contributed by atoms with Crippen molar-refractivity contribution in [2.24, 2.45) is 0 Å². The Labute approximate surface area is 483 Å². The van der Waals surface area contributed by atoms with Gasteiger partial charge in [-0.05, 0) is 67.1 Å². The zero-order chi connectivity index (χ0) is 51.9. The van der Waals surface area contributed by atoms with Crippen LogP contribution in [0.3, 0.4) is 0 Å². The Hall–Kier alpha value is -6.68. The molecule has 20 nitrogen and oxygen atoms in total. The molecule has 4 aromatic heterocycles. The van der Waals surface area contributed by atoms with E-state index in [9.17, 15) is 29.4 Å². The number of hydrogen-bond acceptors (Lipinski definition) is 14. The number of unbranched alkanes of at least 4 members (excludes halogenated alkanes) is 2. The topological polar surface area (TPSA) is 265 Å². The average molecular weight is 1040 g/mol. The number of carboxylic acids is 2. The third kappa shape index (κ3) is 12.3. The molecular formula is C54H56N14Na2O6. The van der Waals surface area contributed by atoms with Gasteiger partial charge in [0.05, 0.1) is 34.7 Å². The maximum absolute atomic E-state index is 12.2. The number of imidazole rings is 2. The van der Waals surface area contributed by atoms with Gasteiger partial charge in [-0.25, -0.2) is 20.2 Å². The largest absolute Gasteiger partial charge is 1.00 e. The molecule has 0 fully saturated rings. The molecule has 22 heteroatoms. The predicted octanol–water partition coefficient (Wildman–Crippen LogP) is -1.36. The van der Waals surface area contributed by atoms with Crippen molar-refractivity contribution in [1.82, 2.24) is 70.2 Å². The second-order valence-electron chi connectivity index (χ2n) is 18.5. The van der Waals surface area contributed by atoms with Crippen molar-refractivity contribution in [3.8, 4) is 45.0 Å². The van der Waals surface area contributed by atoms with Crippen LogP contribution in [0.15, 0.2) is 97.1 Å². The van der Waals surface area contributed by atoms with E-state index in [1.54, 1.807) is 0 Å². The van der Waals surface area contributed by atoms with Gasteiger partial charge in [0, 0.05) is 76.8 Å². The van der Waals surface area contributed by atoms with Gasteiger partial charge in [-0.3, -0.25) is 9.59 Å². The number of aliphatic carboxylic acids is 2. The molecule has 0 bridgehead atoms. The predicted molar refractivity (Wildman–Crippen MR) is 268 cm³/mol. The van der Waals surface area contributed by atoms with Gasteiger partial charge in [0.25, 0.3) is 0 Å². The standard InChI is InChI=1S/2C27H29N7O3.2Na/c2*1-3-4-9-23-28-22-14-15-33(17(2)35)25(27(36)37)24(22)34(23)16-18-10-12-19(13-11-18)20-7-5-6-8-21(20)26-29-31-32-30-26;;/h2*5-8,10-13,25H,3-4,9,14-16H2,1-2H3,(H,36,37)(H,29,30,31,32);;/q;;2*+1/p-2. The van der Waals surface area contributed by atoms with Crippen molar-refractivity contribution in [2.45, 2.75) is 104 Å². The van der Waals surface area contributed by atoms with Crippen molar-refractivity contribution in [1.29, 1.82) is 0 Å². The number of carbonyl (C=O) groups is 4. The third-order valence-electron chi connectivity index (χ3n) is 13.7. The van der Waals surface area contributed by atoms with Crippen molar-refractivity contribution in [2.75, 3.05) is 13.1 Å². The molecule has 0 spiro atoms. The molecule has 0 saturated heterocycles. The maximum atomic E-state index is 12.2. The number of rotatable bonds is 16. The van der Waals surface area contributed by atoms with Crippen LogP contribution in [0.2, 0.25) is 0 Å². The molecule has 10 rings (SSSR count). The van der Waals surface area contributed by atoms with E-state index in [2.05, 4.69) is 55.1 Å². The van der Waals surface area contributed by atoms with Gasteiger partial charge in [0.15, 0.2) is 11.6 Å². The second kappa shape index (κ2) is 25.9. The number of aromatic amines is 2. The van der Waals surface area contributed by atoms with E-state index in [1.165, 1.54) is 23.6 Å². The summed E-state index contributed by atoms with van der Waals surface area (Å²) in [7, 11) is 0. The van der Waals surface area contributed by atoms with Gasteiger partial charge in [-0.15, -0.1) is 10.2 Å². The number of H-pyrrole nitrogens is 2. The van der Waals surface area contributed by atoms with Crippen LogP contribution in [0.4, 0.5) is 0 Å². The average Bonchev–Trinajstić information content (AvgIpc) is 4.26. The van der Waals surface area contributed by atoms with E-state index in [-0.39, 0.29) is 70.9 Å². The van der Waals surface area contributed by atoms with Gasteiger partial charge in [0.2, 0.25) is 11.8 Å². The van der Waals surface area contributed by atoms with Crippen LogP contribution in [0.25, 0.3) is 45.0 Å². The fourth-order valence-corrected chi connectivity index (χ4v) is 10.1. The monoisotopic (exact) mass is 1040 g/mol. The molecule has 8 aromatic rings. The number of aryl methyl sites for hydroxylation is 2. The van der Waals surface area contributed by atoms with Gasteiger partial charge >= 0.3 is 59.1 Å². The summed E-state index contributed by atoms with van der Waals surface area (Å²) in [4.78, 5) is 61.4. The van der Waals surface area contributed by atoms with Crippen molar-refractivity contribution < 1.29 is 88.5 Å². The third-order valence-corrected chi connectivity index (χ3v) is 13.7. The molecule has 0 radical (unpaired) electrons. The molecule has 2 aliphatic rings. The summed E-state index contributed by atoms with van der Waals surface area (Å²) < 4.78 is 3.95. The van der Waals surface area contributed by atoms with E-state index >= 15 is 0 Å². The molecule has 0 aliphatic carbocycles. The van der Waals surface area contributed by atoms with Crippen LogP contribution < -0.4 is 69.3 Å². The Bertz CT molecular complexity index is 3050. The minimum absolute atomic E-state index is 0. The molecule has 2 aliphatic heterocycles. The Morgan fingerprint density at radius 1 is 0.553 bits per heavy atom. The number of hydrogen-bond donors (Lipinski definition) is 2. The summed E-state index contributed by atoms with van der Waals surface area (Å²) in [6.45, 7) is 8.55. The first-order valence-electron chi connectivity index (χ1n) is 24.9. The fraction of sp³-hybridized carbons (Fsp3) is 0.333. The Kier molecular flexibility index (Phi) is 19.4. The van der Waals surface area contributed by atoms with Gasteiger partial charge in [0.1, 0.15) is 23.7 Å². The van der Waals surface area contributed by atoms with E-state index in [0.29, 0.717) is 62.1 Å². The number of tetrazole rings is 2. The fourth-order valence-electron chi connectivity index (χ4n) is 10.1. The van der Waals surface area contributed by atoms with Crippen LogP contribution in [-0.2, 0) is 58.0 Å². The number of amides is 2. The van der Waals surface area contributed by atoms with Crippen molar-refractivity contribution in [3.05, 3.63) is 143 Å². The Morgan fingerprint density at radius 3 is 1.24 bits per heavy atom. The summed E-state index contributed by atoms with van der Waals surface area (Å²) in [5.74, 6) is -0.268. The second-order valence-corrected chi connectivity index (χ2v) is 18.5. The number of carboxylic acid groups (broad SMARTS) is 2. The Morgan fingerprint density at radius 2 is 0.921 bits per heavy atom. The first kappa shape index (κ1) is 57.0. The first-order valence-corrected chi connectivity index (χ1v) is 24.9. The number of benzene rings is 4. The number of fused-ring (bicyclic) bond motifs is 2. The number of nitrogens with zero attached hydrogens (tertiary/aromatic N) is 12. The molecule has 0 saturated carbocycles. The smallest absolute Gasteiger partial charge is 0.547 e. The summed E-state index contributed by atoms with van der Waals surface area (Å²) in [5.41, 5.74) is 10.4. The number of nitrogens with one attached hydrogen (secondary N) is 2. The Balaban J connectivity index is 0.000000216. The normalized spacial score (nSPS) is 14.6. The SMILES string of the molecule is CCCCc1nc2c(n1Cc1ccc(-c3ccccc3-c3nnn[nH]3)cc1)C(C(=O)[O-])N(C(C)=O)CC2.CCCCc1nc2c(n1Cc1ccc(-c3ccccc3-c3nnn[nH]3)cc1)C(C(=O)[O-])N(C(C)=O)CC2.[Na+].[Na+]. The first-order chi connectivity index (χ1) is 35.9. The summed E-state index contributed by atoms with van der Waals surface area (Å²) >= 11 is 0. The molecule has 4 aromatic carbocycles. The molecular weight excluding hydrogens is 987 g/mol. The summed E-state index contributed by atoms with van der Waals surface area (Å²) in [6, 6.07) is 29.7. The van der Waals surface area contributed by atoms with E-state index in [4.69, 9.17) is 9.97 Å². The molecule has 380 valence electrons. The minimum atomic E-state index is -1.28. The van der Waals surface area contributed by atoms with Gasteiger partial charge in [-0.2, -0.15) is 0 Å². The molecule has 6 heterocycles. The van der Waals surface area contributed by atoms with E-state index in [0.717, 1.165) is 106 Å². The zero-order valence-electron chi connectivity index (χ0n) is 43.7. The molecule has 2 atom stereocenters. The van der Waals surface area contributed by atoms with Crippen molar-refractivity contribution >= 4 is 23.8 Å². The van der Waals surface area contributed by atoms with Crippen LogP contribution in [-0.4, -0.2) is 107 Å². The molecule has 2 unspecified atom stereocenters.